The topological polar surface area (TPSA) is 75.4 Å². The summed E-state index contributed by atoms with van der Waals surface area (Å²) in [6, 6.07) is 0. The Morgan fingerprint density at radius 1 is 1.42 bits per heavy atom. The van der Waals surface area contributed by atoms with Crippen molar-refractivity contribution in [1.82, 2.24) is 10.2 Å². The van der Waals surface area contributed by atoms with Crippen LogP contribution >= 0.6 is 0 Å². The first-order valence-corrected chi connectivity index (χ1v) is 3.72. The van der Waals surface area contributed by atoms with Crippen molar-refractivity contribution in [3.8, 4) is 0 Å². The molecule has 0 saturated heterocycles. The van der Waals surface area contributed by atoms with Crippen LogP contribution in [0.2, 0.25) is 0 Å². The second-order valence-electron chi connectivity index (χ2n) is 2.80. The van der Waals surface area contributed by atoms with E-state index in [4.69, 9.17) is 5.73 Å². The van der Waals surface area contributed by atoms with Gasteiger partial charge in [0.15, 0.2) is 0 Å². The van der Waals surface area contributed by atoms with E-state index in [9.17, 15) is 9.59 Å². The maximum absolute atomic E-state index is 10.9. The number of hydrogen-bond donors (Lipinski definition) is 2. The Balaban J connectivity index is 3.40. The van der Waals surface area contributed by atoms with Gasteiger partial charge in [-0.1, -0.05) is 0 Å². The van der Waals surface area contributed by atoms with Gasteiger partial charge in [0.05, 0.1) is 6.54 Å². The van der Waals surface area contributed by atoms with Gasteiger partial charge in [-0.3, -0.25) is 9.59 Å². The van der Waals surface area contributed by atoms with Gasteiger partial charge in [0.2, 0.25) is 11.8 Å². The lowest BCUT2D eigenvalue weighted by atomic mass is 10.4. The highest BCUT2D eigenvalue weighted by Crippen LogP contribution is 1.82. The molecule has 0 spiro atoms. The van der Waals surface area contributed by atoms with Crippen molar-refractivity contribution in [2.75, 3.05) is 27.2 Å². The van der Waals surface area contributed by atoms with E-state index in [-0.39, 0.29) is 12.5 Å². The Morgan fingerprint density at radius 2 is 2.00 bits per heavy atom. The first-order chi connectivity index (χ1) is 5.52. The average molecular weight is 173 g/mol. The zero-order valence-electron chi connectivity index (χ0n) is 7.46. The third-order valence-corrected chi connectivity index (χ3v) is 1.25. The normalized spacial score (nSPS) is 9.92. The van der Waals surface area contributed by atoms with Crippen molar-refractivity contribution in [1.29, 1.82) is 0 Å². The van der Waals surface area contributed by atoms with Gasteiger partial charge >= 0.3 is 0 Å². The zero-order chi connectivity index (χ0) is 9.56. The lowest BCUT2D eigenvalue weighted by Crippen LogP contribution is -2.34. The van der Waals surface area contributed by atoms with E-state index in [0.717, 1.165) is 0 Å². The van der Waals surface area contributed by atoms with Crippen molar-refractivity contribution in [2.24, 2.45) is 5.73 Å². The summed E-state index contributed by atoms with van der Waals surface area (Å²) in [6.07, 6.45) is 0.389. The summed E-state index contributed by atoms with van der Waals surface area (Å²) in [6.45, 7) is 0.594. The molecule has 5 nitrogen and oxygen atoms in total. The van der Waals surface area contributed by atoms with E-state index in [1.807, 2.05) is 19.0 Å². The monoisotopic (exact) mass is 173 g/mol. The molecule has 0 bridgehead atoms. The van der Waals surface area contributed by atoms with Crippen LogP contribution in [0, 0.1) is 0 Å². The minimum absolute atomic E-state index is 0.0771. The van der Waals surface area contributed by atoms with Gasteiger partial charge in [-0.25, -0.2) is 0 Å². The van der Waals surface area contributed by atoms with Crippen LogP contribution in [0.3, 0.4) is 0 Å². The van der Waals surface area contributed by atoms with E-state index >= 15 is 0 Å². The highest BCUT2D eigenvalue weighted by atomic mass is 16.2. The largest absolute Gasteiger partial charge is 0.368 e. The van der Waals surface area contributed by atoms with Crippen LogP contribution in [0.5, 0.6) is 0 Å². The van der Waals surface area contributed by atoms with Crippen molar-refractivity contribution in [2.45, 2.75) is 6.42 Å². The van der Waals surface area contributed by atoms with Gasteiger partial charge in [-0.15, -0.1) is 0 Å². The Bertz CT molecular complexity index is 168. The van der Waals surface area contributed by atoms with Crippen molar-refractivity contribution in [3.05, 3.63) is 0 Å². The Kier molecular flexibility index (Phi) is 5.03. The van der Waals surface area contributed by atoms with Gasteiger partial charge < -0.3 is 16.0 Å². The molecule has 0 fully saturated rings. The number of nitrogens with zero attached hydrogens (tertiary/aromatic N) is 1. The number of nitrogens with one attached hydrogen (secondary N) is 1. The first kappa shape index (κ1) is 10.9. The van der Waals surface area contributed by atoms with E-state index in [0.29, 0.717) is 13.0 Å². The fraction of sp³-hybridized carbons (Fsp3) is 0.714. The fourth-order valence-corrected chi connectivity index (χ4v) is 0.599. The molecule has 0 radical (unpaired) electrons. The molecular formula is C7H15N3O2. The highest BCUT2D eigenvalue weighted by Gasteiger charge is 2.02. The van der Waals surface area contributed by atoms with Crippen LogP contribution in [0.4, 0.5) is 0 Å². The van der Waals surface area contributed by atoms with Crippen LogP contribution in [0.1, 0.15) is 6.42 Å². The summed E-state index contributed by atoms with van der Waals surface area (Å²) in [7, 11) is 3.75. The average Bonchev–Trinajstić information content (AvgIpc) is 1.96. The molecule has 12 heavy (non-hydrogen) atoms. The molecule has 5 heteroatoms. The molecule has 0 atom stereocenters. The first-order valence-electron chi connectivity index (χ1n) is 3.72. The van der Waals surface area contributed by atoms with Gasteiger partial charge in [-0.05, 0) is 14.1 Å². The summed E-state index contributed by atoms with van der Waals surface area (Å²) >= 11 is 0. The maximum atomic E-state index is 10.9. The number of hydrogen-bond acceptors (Lipinski definition) is 3. The maximum Gasteiger partial charge on any atom is 0.236 e. The van der Waals surface area contributed by atoms with E-state index < -0.39 is 5.91 Å². The lowest BCUT2D eigenvalue weighted by Gasteiger charge is -2.08. The van der Waals surface area contributed by atoms with Crippen molar-refractivity contribution < 1.29 is 9.59 Å². The molecule has 0 aromatic heterocycles. The number of carbonyl (C=O) groups excluding carboxylic acids is 2. The Labute approximate surface area is 71.9 Å². The highest BCUT2D eigenvalue weighted by molar-refractivity contribution is 5.83. The molecule has 3 N–H and O–H groups in total. The van der Waals surface area contributed by atoms with Crippen molar-refractivity contribution >= 4 is 11.8 Å². The summed E-state index contributed by atoms with van der Waals surface area (Å²) in [5.41, 5.74) is 4.83. The van der Waals surface area contributed by atoms with Crippen LogP contribution in [-0.2, 0) is 9.59 Å². The standard InChI is InChI=1S/C7H15N3O2/c1-10(2)4-3-7(12)9-5-6(8)11/h3-5H2,1-2H3,(H2,8,11)(H,9,12). The van der Waals surface area contributed by atoms with E-state index in [1.165, 1.54) is 0 Å². The van der Waals surface area contributed by atoms with Gasteiger partial charge in [0.25, 0.3) is 0 Å². The number of rotatable bonds is 5. The summed E-state index contributed by atoms with van der Waals surface area (Å²) in [5.74, 6) is -0.671. The molecular weight excluding hydrogens is 158 g/mol. The van der Waals surface area contributed by atoms with E-state index in [1.54, 1.807) is 0 Å². The summed E-state index contributed by atoms with van der Waals surface area (Å²) in [5, 5.41) is 2.40. The second-order valence-corrected chi connectivity index (χ2v) is 2.80. The molecule has 2 amide bonds. The predicted octanol–water partition coefficient (Wildman–Crippen LogP) is -1.46. The third kappa shape index (κ3) is 7.01. The quantitative estimate of drug-likeness (QED) is 0.533. The second kappa shape index (κ2) is 5.54. The molecule has 0 aliphatic heterocycles. The van der Waals surface area contributed by atoms with Crippen LogP contribution in [0.25, 0.3) is 0 Å². The Hall–Kier alpha value is -1.10. The van der Waals surface area contributed by atoms with Crippen molar-refractivity contribution in [3.63, 3.8) is 0 Å². The number of carbonyl (C=O) groups is 2. The summed E-state index contributed by atoms with van der Waals surface area (Å²) < 4.78 is 0. The predicted molar refractivity (Wildman–Crippen MR) is 45.4 cm³/mol. The van der Waals surface area contributed by atoms with E-state index in [2.05, 4.69) is 5.32 Å². The smallest absolute Gasteiger partial charge is 0.236 e. The lowest BCUT2D eigenvalue weighted by molar-refractivity contribution is -0.124. The number of nitrogens with two attached hydrogens (primary N) is 1. The van der Waals surface area contributed by atoms with Gasteiger partial charge in [0.1, 0.15) is 0 Å². The number of primary amides is 1. The molecule has 0 aliphatic carbocycles. The molecule has 0 aromatic rings. The Morgan fingerprint density at radius 3 is 2.42 bits per heavy atom. The zero-order valence-corrected chi connectivity index (χ0v) is 7.46. The minimum Gasteiger partial charge on any atom is -0.368 e. The minimum atomic E-state index is -0.520. The fourth-order valence-electron chi connectivity index (χ4n) is 0.599. The third-order valence-electron chi connectivity index (χ3n) is 1.25. The number of amides is 2. The molecule has 70 valence electrons. The van der Waals surface area contributed by atoms with Crippen LogP contribution in [-0.4, -0.2) is 43.9 Å². The van der Waals surface area contributed by atoms with Gasteiger partial charge in [-0.2, -0.15) is 0 Å². The molecule has 0 unspecified atom stereocenters. The molecule has 0 heterocycles. The molecule has 0 saturated carbocycles. The SMILES string of the molecule is CN(C)CCC(=O)NCC(N)=O. The molecule has 0 aromatic carbocycles. The summed E-state index contributed by atoms with van der Waals surface area (Å²) in [4.78, 5) is 23.0. The van der Waals surface area contributed by atoms with Crippen LogP contribution < -0.4 is 11.1 Å². The van der Waals surface area contributed by atoms with Crippen LogP contribution in [0.15, 0.2) is 0 Å². The molecule has 0 rings (SSSR count). The van der Waals surface area contributed by atoms with Gasteiger partial charge in [0, 0.05) is 13.0 Å². The molecule has 0 aliphatic rings.